The number of guanidine groups is 1. The van der Waals surface area contributed by atoms with Crippen LogP contribution in [0.15, 0.2) is 29.3 Å². The average Bonchev–Trinajstić information content (AvgIpc) is 3.10. The van der Waals surface area contributed by atoms with Crippen LogP contribution in [0, 0.1) is 0 Å². The zero-order chi connectivity index (χ0) is 16.5. The Bertz CT molecular complexity index is 477. The molecule has 1 aromatic rings. The van der Waals surface area contributed by atoms with Crippen molar-refractivity contribution in [1.82, 2.24) is 15.5 Å². The lowest BCUT2D eigenvalue weighted by Crippen LogP contribution is -2.41. The topological polar surface area (TPSA) is 39.7 Å². The van der Waals surface area contributed by atoms with E-state index in [1.54, 1.807) is 0 Å². The maximum atomic E-state index is 4.33. The lowest BCUT2D eigenvalue weighted by atomic mass is 10.1. The fourth-order valence-corrected chi connectivity index (χ4v) is 3.11. The van der Waals surface area contributed by atoms with Gasteiger partial charge in [-0.2, -0.15) is 0 Å². The molecule has 4 nitrogen and oxygen atoms in total. The largest absolute Gasteiger partial charge is 0.354 e. The van der Waals surface area contributed by atoms with Gasteiger partial charge in [0.1, 0.15) is 0 Å². The SMILES string of the molecule is CCN(CC)Cc1ccc(CNC(=NC)NC2CCCC2)cc1.I. The molecule has 0 spiro atoms. The molecule has 0 aliphatic heterocycles. The molecule has 1 saturated carbocycles. The van der Waals surface area contributed by atoms with Crippen molar-refractivity contribution >= 4 is 29.9 Å². The summed E-state index contributed by atoms with van der Waals surface area (Å²) in [5, 5.41) is 6.94. The Balaban J connectivity index is 0.00000288. The first-order chi connectivity index (χ1) is 11.2. The third kappa shape index (κ3) is 6.97. The molecular formula is C19H33IN4. The van der Waals surface area contributed by atoms with E-state index >= 15 is 0 Å². The van der Waals surface area contributed by atoms with Gasteiger partial charge >= 0.3 is 0 Å². The van der Waals surface area contributed by atoms with Crippen molar-refractivity contribution in [3.05, 3.63) is 35.4 Å². The summed E-state index contributed by atoms with van der Waals surface area (Å²) < 4.78 is 0. The molecule has 1 aliphatic rings. The maximum Gasteiger partial charge on any atom is 0.191 e. The molecule has 5 heteroatoms. The standard InChI is InChI=1S/C19H32N4.HI/c1-4-23(5-2)15-17-12-10-16(11-13-17)14-21-19(20-3)22-18-8-6-7-9-18;/h10-13,18H,4-9,14-15H2,1-3H3,(H2,20,21,22);1H. The minimum absolute atomic E-state index is 0. The molecule has 0 radical (unpaired) electrons. The third-order valence-corrected chi connectivity index (χ3v) is 4.70. The summed E-state index contributed by atoms with van der Waals surface area (Å²) in [6.07, 6.45) is 5.20. The van der Waals surface area contributed by atoms with Crippen LogP contribution in [0.3, 0.4) is 0 Å². The van der Waals surface area contributed by atoms with Crippen LogP contribution < -0.4 is 10.6 Å². The monoisotopic (exact) mass is 444 g/mol. The van der Waals surface area contributed by atoms with Crippen molar-refractivity contribution in [3.63, 3.8) is 0 Å². The molecule has 0 aromatic heterocycles. The van der Waals surface area contributed by atoms with E-state index < -0.39 is 0 Å². The Labute approximate surface area is 164 Å². The highest BCUT2D eigenvalue weighted by atomic mass is 127. The number of benzene rings is 1. The summed E-state index contributed by atoms with van der Waals surface area (Å²) in [6.45, 7) is 8.48. The zero-order valence-electron chi connectivity index (χ0n) is 15.3. The van der Waals surface area contributed by atoms with Gasteiger partial charge in [0.15, 0.2) is 5.96 Å². The van der Waals surface area contributed by atoms with Crippen molar-refractivity contribution in [1.29, 1.82) is 0 Å². The van der Waals surface area contributed by atoms with Gasteiger partial charge in [-0.15, -0.1) is 24.0 Å². The van der Waals surface area contributed by atoms with Gasteiger partial charge in [0.2, 0.25) is 0 Å². The van der Waals surface area contributed by atoms with Gasteiger partial charge < -0.3 is 10.6 Å². The van der Waals surface area contributed by atoms with Gasteiger partial charge in [0, 0.05) is 26.2 Å². The van der Waals surface area contributed by atoms with Crippen LogP contribution in [0.4, 0.5) is 0 Å². The molecule has 0 unspecified atom stereocenters. The molecular weight excluding hydrogens is 411 g/mol. The molecule has 1 aromatic carbocycles. The third-order valence-electron chi connectivity index (χ3n) is 4.70. The van der Waals surface area contributed by atoms with Gasteiger partial charge in [0.25, 0.3) is 0 Å². The van der Waals surface area contributed by atoms with Crippen LogP contribution in [0.5, 0.6) is 0 Å². The summed E-state index contributed by atoms with van der Waals surface area (Å²) in [5.41, 5.74) is 2.67. The van der Waals surface area contributed by atoms with Crippen LogP contribution in [-0.2, 0) is 13.1 Å². The highest BCUT2D eigenvalue weighted by molar-refractivity contribution is 14.0. The molecule has 0 saturated heterocycles. The van der Waals surface area contributed by atoms with E-state index in [4.69, 9.17) is 0 Å². The normalized spacial score (nSPS) is 15.4. The lowest BCUT2D eigenvalue weighted by molar-refractivity contribution is 0.296. The Morgan fingerprint density at radius 2 is 1.67 bits per heavy atom. The Morgan fingerprint density at radius 1 is 1.08 bits per heavy atom. The van der Waals surface area contributed by atoms with Gasteiger partial charge in [-0.25, -0.2) is 0 Å². The molecule has 0 bridgehead atoms. The summed E-state index contributed by atoms with van der Waals surface area (Å²) in [5.74, 6) is 0.920. The number of hydrogen-bond acceptors (Lipinski definition) is 2. The highest BCUT2D eigenvalue weighted by Gasteiger charge is 2.15. The van der Waals surface area contributed by atoms with E-state index in [0.29, 0.717) is 6.04 Å². The van der Waals surface area contributed by atoms with Gasteiger partial charge in [-0.05, 0) is 37.1 Å². The quantitative estimate of drug-likeness (QED) is 0.382. The second kappa shape index (κ2) is 11.7. The summed E-state index contributed by atoms with van der Waals surface area (Å²) in [6, 6.07) is 9.51. The summed E-state index contributed by atoms with van der Waals surface area (Å²) in [7, 11) is 1.84. The molecule has 136 valence electrons. The molecule has 2 N–H and O–H groups in total. The second-order valence-electron chi connectivity index (χ2n) is 6.33. The Kier molecular flexibility index (Phi) is 10.3. The zero-order valence-corrected chi connectivity index (χ0v) is 17.7. The highest BCUT2D eigenvalue weighted by Crippen LogP contribution is 2.17. The maximum absolute atomic E-state index is 4.33. The van der Waals surface area contributed by atoms with Crippen molar-refractivity contribution < 1.29 is 0 Å². The number of aliphatic imine (C=N–C) groups is 1. The van der Waals surface area contributed by atoms with Crippen molar-refractivity contribution in [3.8, 4) is 0 Å². The number of rotatable bonds is 7. The average molecular weight is 444 g/mol. The smallest absolute Gasteiger partial charge is 0.191 e. The van der Waals surface area contributed by atoms with Crippen LogP contribution >= 0.6 is 24.0 Å². The second-order valence-corrected chi connectivity index (χ2v) is 6.33. The fourth-order valence-electron chi connectivity index (χ4n) is 3.11. The van der Waals surface area contributed by atoms with Crippen molar-refractivity contribution in [2.45, 2.75) is 58.7 Å². The molecule has 0 atom stereocenters. The Morgan fingerprint density at radius 3 is 2.21 bits per heavy atom. The van der Waals surface area contributed by atoms with Crippen molar-refractivity contribution in [2.24, 2.45) is 4.99 Å². The van der Waals surface area contributed by atoms with Gasteiger partial charge in [-0.3, -0.25) is 9.89 Å². The summed E-state index contributed by atoms with van der Waals surface area (Å²) >= 11 is 0. The molecule has 1 fully saturated rings. The van der Waals surface area contributed by atoms with E-state index in [9.17, 15) is 0 Å². The molecule has 0 amide bonds. The number of halogens is 1. The number of nitrogens with zero attached hydrogens (tertiary/aromatic N) is 2. The first-order valence-corrected chi connectivity index (χ1v) is 9.02. The Hall–Kier alpha value is -0.820. The van der Waals surface area contributed by atoms with E-state index in [-0.39, 0.29) is 24.0 Å². The van der Waals surface area contributed by atoms with E-state index in [0.717, 1.165) is 32.1 Å². The first-order valence-electron chi connectivity index (χ1n) is 9.02. The molecule has 1 aliphatic carbocycles. The van der Waals surface area contributed by atoms with Crippen LogP contribution in [-0.4, -0.2) is 37.0 Å². The molecule has 24 heavy (non-hydrogen) atoms. The molecule has 0 heterocycles. The lowest BCUT2D eigenvalue weighted by Gasteiger charge is -2.18. The first kappa shape index (κ1) is 21.2. The van der Waals surface area contributed by atoms with Crippen LogP contribution in [0.25, 0.3) is 0 Å². The number of nitrogens with one attached hydrogen (secondary N) is 2. The summed E-state index contributed by atoms with van der Waals surface area (Å²) in [4.78, 5) is 6.76. The van der Waals surface area contributed by atoms with E-state index in [2.05, 4.69) is 58.6 Å². The predicted molar refractivity (Wildman–Crippen MR) is 114 cm³/mol. The van der Waals surface area contributed by atoms with Gasteiger partial charge in [-0.1, -0.05) is 51.0 Å². The minimum atomic E-state index is 0. The van der Waals surface area contributed by atoms with E-state index in [1.165, 1.54) is 36.8 Å². The predicted octanol–water partition coefficient (Wildman–Crippen LogP) is 3.75. The van der Waals surface area contributed by atoms with Crippen LogP contribution in [0.1, 0.15) is 50.7 Å². The van der Waals surface area contributed by atoms with Crippen LogP contribution in [0.2, 0.25) is 0 Å². The molecule has 2 rings (SSSR count). The van der Waals surface area contributed by atoms with Gasteiger partial charge in [0.05, 0.1) is 0 Å². The number of hydrogen-bond donors (Lipinski definition) is 2. The van der Waals surface area contributed by atoms with E-state index in [1.807, 2.05) is 7.05 Å². The van der Waals surface area contributed by atoms with Crippen molar-refractivity contribution in [2.75, 3.05) is 20.1 Å². The minimum Gasteiger partial charge on any atom is -0.354 e. The fraction of sp³-hybridized carbons (Fsp3) is 0.632.